The highest BCUT2D eigenvalue weighted by atomic mass is 19.1. The van der Waals surface area contributed by atoms with Crippen molar-refractivity contribution >= 4 is 57.0 Å². The number of fused-ring (bicyclic) bond motifs is 5. The number of imide groups is 1. The molecule has 7 fully saturated rings. The number of carbonyl (C=O) groups is 4. The smallest absolute Gasteiger partial charge is 0.409 e. The van der Waals surface area contributed by atoms with E-state index in [0.29, 0.717) is 111 Å². The number of nitrogens with zero attached hydrogens (tertiary/aromatic N) is 8. The van der Waals surface area contributed by atoms with Crippen molar-refractivity contribution in [3.05, 3.63) is 82.5 Å². The number of amides is 4. The third-order valence-electron chi connectivity index (χ3n) is 19.6. The number of hydrogen-bond donors (Lipinski definition) is 1. The van der Waals surface area contributed by atoms with Crippen molar-refractivity contribution in [2.24, 2.45) is 5.41 Å². The van der Waals surface area contributed by atoms with Crippen molar-refractivity contribution in [1.29, 1.82) is 0 Å². The molecule has 1 saturated carbocycles. The highest BCUT2D eigenvalue weighted by molar-refractivity contribution is 6.06. The van der Waals surface area contributed by atoms with E-state index in [0.717, 1.165) is 102 Å². The number of rotatable bonds is 10. The molecule has 10 heterocycles. The van der Waals surface area contributed by atoms with Gasteiger partial charge in [0, 0.05) is 80.5 Å². The van der Waals surface area contributed by atoms with Crippen LogP contribution in [0.5, 0.6) is 6.01 Å². The van der Waals surface area contributed by atoms with Crippen LogP contribution in [0.25, 0.3) is 32.9 Å². The maximum absolute atomic E-state index is 17.5. The molecule has 4 atom stereocenters. The number of aromatic nitrogens is 3. The van der Waals surface area contributed by atoms with Crippen molar-refractivity contribution in [3.8, 4) is 29.6 Å². The molecule has 3 aromatic carbocycles. The van der Waals surface area contributed by atoms with Gasteiger partial charge in [-0.2, -0.15) is 9.97 Å². The molecule has 0 bridgehead atoms. The molecule has 1 N–H and O–H groups in total. The zero-order valence-corrected chi connectivity index (χ0v) is 45.6. The summed E-state index contributed by atoms with van der Waals surface area (Å²) in [5.41, 5.74) is 3.75. The molecule has 1 aliphatic carbocycles. The molecule has 4 amide bonds. The first-order valence-electron chi connectivity index (χ1n) is 29.4. The van der Waals surface area contributed by atoms with Crippen molar-refractivity contribution in [1.82, 2.24) is 35.0 Å². The van der Waals surface area contributed by atoms with Crippen molar-refractivity contribution in [2.45, 2.75) is 139 Å². The van der Waals surface area contributed by atoms with Gasteiger partial charge in [-0.05, 0) is 137 Å². The molecule has 5 aromatic rings. The lowest BCUT2D eigenvalue weighted by Crippen LogP contribution is -2.52. The van der Waals surface area contributed by atoms with Gasteiger partial charge >= 0.3 is 12.1 Å². The average molecular weight is 1100 g/mol. The summed E-state index contributed by atoms with van der Waals surface area (Å²) in [6.07, 6.45) is 17.9. The van der Waals surface area contributed by atoms with E-state index < -0.39 is 23.6 Å². The topological polar surface area (TPSA) is 172 Å². The van der Waals surface area contributed by atoms with Crippen LogP contribution in [0.1, 0.15) is 117 Å². The summed E-state index contributed by atoms with van der Waals surface area (Å²) in [4.78, 5) is 76.5. The van der Waals surface area contributed by atoms with Gasteiger partial charge in [-0.15, -0.1) is 6.42 Å². The van der Waals surface area contributed by atoms with E-state index in [4.69, 9.17) is 40.3 Å². The lowest BCUT2D eigenvalue weighted by atomic mass is 9.61. The number of terminal acetylenes is 1. The molecule has 8 aliphatic heterocycles. The zero-order chi connectivity index (χ0) is 55.1. The Morgan fingerprint density at radius 1 is 0.840 bits per heavy atom. The Morgan fingerprint density at radius 2 is 1.69 bits per heavy atom. The summed E-state index contributed by atoms with van der Waals surface area (Å²) < 4.78 is 58.2. The number of likely N-dealkylation sites (tertiary alicyclic amines) is 1. The number of aryl methyl sites for hydroxylation is 1. The van der Waals surface area contributed by atoms with Crippen LogP contribution in [0.4, 0.5) is 25.1 Å². The van der Waals surface area contributed by atoms with E-state index in [1.54, 1.807) is 23.1 Å². The van der Waals surface area contributed by atoms with Gasteiger partial charge in [-0.1, -0.05) is 30.2 Å². The molecule has 422 valence electrons. The fraction of sp³-hybridized carbons (Fsp3) is 0.532. The zero-order valence-electron chi connectivity index (χ0n) is 45.6. The van der Waals surface area contributed by atoms with Gasteiger partial charge in [0.2, 0.25) is 11.8 Å². The number of pyridine rings is 1. The third-order valence-corrected chi connectivity index (χ3v) is 19.6. The Balaban J connectivity index is 0.579. The van der Waals surface area contributed by atoms with Crippen LogP contribution in [0, 0.1) is 29.4 Å². The molecule has 0 radical (unpaired) electrons. The first-order chi connectivity index (χ1) is 39.4. The number of hydrogen-bond acceptors (Lipinski definition) is 14. The van der Waals surface area contributed by atoms with Crippen molar-refractivity contribution in [2.75, 3.05) is 75.5 Å². The fourth-order valence-electron chi connectivity index (χ4n) is 15.3. The summed E-state index contributed by atoms with van der Waals surface area (Å²) in [5, 5.41) is 4.03. The Kier molecular flexibility index (Phi) is 13.3. The number of ether oxygens (including phenoxy) is 4. The van der Waals surface area contributed by atoms with E-state index in [1.165, 1.54) is 6.07 Å². The Bertz CT molecular complexity index is 3420. The minimum absolute atomic E-state index is 0.00854. The average Bonchev–Trinajstić information content (AvgIpc) is 4.28. The van der Waals surface area contributed by atoms with Crippen LogP contribution in [0.2, 0.25) is 0 Å². The fourth-order valence-corrected chi connectivity index (χ4v) is 15.3. The second-order valence-corrected chi connectivity index (χ2v) is 24.2. The minimum atomic E-state index is -0.645. The maximum Gasteiger partial charge on any atom is 0.409 e. The molecule has 19 heteroatoms. The molecule has 14 rings (SSSR count). The van der Waals surface area contributed by atoms with Gasteiger partial charge in [0.25, 0.3) is 5.91 Å². The molecule has 2 aromatic heterocycles. The quantitative estimate of drug-likeness (QED) is 0.106. The van der Waals surface area contributed by atoms with E-state index in [-0.39, 0.29) is 82.4 Å². The lowest BCUT2D eigenvalue weighted by Gasteiger charge is -2.52. The Morgan fingerprint density at radius 3 is 2.52 bits per heavy atom. The summed E-state index contributed by atoms with van der Waals surface area (Å²) in [6, 6.07) is 13.8. The van der Waals surface area contributed by atoms with Crippen LogP contribution in [-0.2, 0) is 36.8 Å². The second-order valence-electron chi connectivity index (χ2n) is 24.2. The molecule has 81 heavy (non-hydrogen) atoms. The molecule has 17 nitrogen and oxygen atoms in total. The van der Waals surface area contributed by atoms with Gasteiger partial charge in [0.1, 0.15) is 42.1 Å². The Hall–Kier alpha value is -7.01. The number of piperidine rings is 3. The molecular formula is C62H67F2N9O8. The number of nitrogens with one attached hydrogen (secondary N) is 1. The molecule has 1 spiro atoms. The number of anilines is 2. The predicted octanol–water partition coefficient (Wildman–Crippen LogP) is 7.85. The number of halogens is 2. The van der Waals surface area contributed by atoms with Crippen molar-refractivity contribution in [3.63, 3.8) is 0 Å². The third kappa shape index (κ3) is 9.29. The van der Waals surface area contributed by atoms with E-state index in [9.17, 15) is 19.2 Å². The first kappa shape index (κ1) is 52.1. The highest BCUT2D eigenvalue weighted by Crippen LogP contribution is 2.51. The lowest BCUT2D eigenvalue weighted by molar-refractivity contribution is -0.137. The molecular weight excluding hydrogens is 1040 g/mol. The molecule has 1 unspecified atom stereocenters. The standard InChI is InChI=1S/C62H67F2N9O8/c1-2-44-47(63)12-8-37-6-3-7-46(51(37)44)54-53(64)55-52-48(65-54)13-10-40-34-78-29-5-23-71(40)56(52)68-59(67-55)80-36-62-19-4-24-73(62)41(16-20-62)35-79-60(77)70-27-21-61(22-28-70)31-43(32-61)81-42-17-25-69(26-18-42)39-9-11-45-38(30-39)33-72(58(45)76)49-14-15-50(74)66-57(49)75/h1,3,6-9,11-12,30,40-43,49H,4-5,10,13-29,31-36H2,(H,66,74,75)/t40-,41-,49?,62-/m0/s1. The minimum Gasteiger partial charge on any atom is -0.461 e. The highest BCUT2D eigenvalue weighted by Gasteiger charge is 2.52. The van der Waals surface area contributed by atoms with Gasteiger partial charge in [-0.3, -0.25) is 24.6 Å². The van der Waals surface area contributed by atoms with Crippen LogP contribution in [0.15, 0.2) is 48.5 Å². The van der Waals surface area contributed by atoms with Crippen LogP contribution < -0.4 is 19.9 Å². The number of carbonyl (C=O) groups excluding carboxylic acids is 4. The summed E-state index contributed by atoms with van der Waals surface area (Å²) >= 11 is 0. The van der Waals surface area contributed by atoms with Gasteiger partial charge in [0.15, 0.2) is 5.82 Å². The SMILES string of the molecule is C#Cc1c(F)ccc2cccc(-c3nc4c5c(nc(OC[C@@]67CCCN6[C@H](COC(=O)N6CCC8(CC6)CC(OC6CCN(c9ccc%10c(c9)CN(C9CCC(=O)NC9=O)C%10=O)CC6)C8)CC7)nc5c3F)N3CCCOC[C@@H]3CC4)c12. The van der Waals surface area contributed by atoms with Gasteiger partial charge in [-0.25, -0.2) is 18.6 Å². The number of benzene rings is 3. The van der Waals surface area contributed by atoms with E-state index in [2.05, 4.69) is 32.0 Å². The monoisotopic (exact) mass is 1100 g/mol. The van der Waals surface area contributed by atoms with Crippen LogP contribution >= 0.6 is 0 Å². The summed E-state index contributed by atoms with van der Waals surface area (Å²) in [7, 11) is 0. The Labute approximate surface area is 469 Å². The summed E-state index contributed by atoms with van der Waals surface area (Å²) in [6.45, 7) is 6.64. The summed E-state index contributed by atoms with van der Waals surface area (Å²) in [5.74, 6) is 1.02. The molecule has 6 saturated heterocycles. The predicted molar refractivity (Wildman–Crippen MR) is 297 cm³/mol. The van der Waals surface area contributed by atoms with Crippen LogP contribution in [-0.4, -0.2) is 155 Å². The largest absolute Gasteiger partial charge is 0.461 e. The van der Waals surface area contributed by atoms with E-state index in [1.807, 2.05) is 23.1 Å². The second kappa shape index (κ2) is 20.8. The maximum atomic E-state index is 17.5. The van der Waals surface area contributed by atoms with Crippen molar-refractivity contribution < 1.29 is 46.9 Å². The van der Waals surface area contributed by atoms with E-state index >= 15 is 8.78 Å². The van der Waals surface area contributed by atoms with Gasteiger partial charge in [0.05, 0.1) is 47.0 Å². The van der Waals surface area contributed by atoms with Crippen LogP contribution in [0.3, 0.4) is 0 Å². The normalized spacial score (nSPS) is 25.8. The first-order valence-corrected chi connectivity index (χ1v) is 29.4. The molecule has 9 aliphatic rings. The van der Waals surface area contributed by atoms with Gasteiger partial charge < -0.3 is 38.5 Å².